The van der Waals surface area contributed by atoms with E-state index in [0.717, 1.165) is 23.1 Å². The monoisotopic (exact) mass is 331 g/mol. The van der Waals surface area contributed by atoms with Crippen LogP contribution in [-0.4, -0.2) is 11.8 Å². The molecule has 2 aromatic rings. The molecule has 0 bridgehead atoms. The molecule has 0 spiro atoms. The van der Waals surface area contributed by atoms with E-state index in [-0.39, 0.29) is 11.5 Å². The van der Waals surface area contributed by atoms with Crippen LogP contribution in [0.25, 0.3) is 11.0 Å². The highest BCUT2D eigenvalue weighted by molar-refractivity contribution is 6.22. The van der Waals surface area contributed by atoms with Crippen molar-refractivity contribution in [3.63, 3.8) is 0 Å². The van der Waals surface area contributed by atoms with Crippen molar-refractivity contribution < 1.29 is 4.42 Å². The Morgan fingerprint density at radius 3 is 2.80 bits per heavy atom. The van der Waals surface area contributed by atoms with Gasteiger partial charge in [-0.2, -0.15) is 0 Å². The molecule has 2 atom stereocenters. The molecule has 0 saturated carbocycles. The molecule has 25 heavy (non-hydrogen) atoms. The average molecular weight is 331 g/mol. The molecule has 0 amide bonds. The van der Waals surface area contributed by atoms with Crippen molar-refractivity contribution in [3.8, 4) is 0 Å². The van der Waals surface area contributed by atoms with Crippen LogP contribution in [0.3, 0.4) is 0 Å². The van der Waals surface area contributed by atoms with Gasteiger partial charge in [-0.15, -0.1) is 0 Å². The van der Waals surface area contributed by atoms with Crippen molar-refractivity contribution >= 4 is 16.7 Å². The van der Waals surface area contributed by atoms with Crippen molar-refractivity contribution in [2.24, 2.45) is 4.99 Å². The lowest BCUT2D eigenvalue weighted by Crippen LogP contribution is -2.45. The molecule has 1 aliphatic heterocycles. The summed E-state index contributed by atoms with van der Waals surface area (Å²) >= 11 is 0. The summed E-state index contributed by atoms with van der Waals surface area (Å²) in [7, 11) is 0. The van der Waals surface area contributed by atoms with Crippen molar-refractivity contribution in [3.05, 3.63) is 70.5 Å². The summed E-state index contributed by atoms with van der Waals surface area (Å²) in [6.45, 7) is 11.0. The van der Waals surface area contributed by atoms with Crippen LogP contribution in [0, 0.1) is 6.92 Å². The SMILES string of the molecule is CC/C=C\C(C1=NC2C=CC2(C)c2c(C)cc3ccoc3c21)=C(C)C. The van der Waals surface area contributed by atoms with Gasteiger partial charge in [0.05, 0.1) is 18.0 Å². The zero-order valence-electron chi connectivity index (χ0n) is 15.7. The fourth-order valence-electron chi connectivity index (χ4n) is 4.18. The third-order valence-corrected chi connectivity index (χ3v) is 5.54. The fourth-order valence-corrected chi connectivity index (χ4v) is 4.18. The van der Waals surface area contributed by atoms with Crippen molar-refractivity contribution in [2.45, 2.75) is 52.5 Å². The van der Waals surface area contributed by atoms with E-state index in [9.17, 15) is 0 Å². The summed E-state index contributed by atoms with van der Waals surface area (Å²) in [4.78, 5) is 5.17. The van der Waals surface area contributed by atoms with Crippen LogP contribution in [0.2, 0.25) is 0 Å². The molecule has 2 aliphatic rings. The van der Waals surface area contributed by atoms with E-state index in [2.05, 4.69) is 71.1 Å². The van der Waals surface area contributed by atoms with E-state index in [1.807, 2.05) is 0 Å². The Morgan fingerprint density at radius 1 is 1.36 bits per heavy atom. The topological polar surface area (TPSA) is 25.5 Å². The summed E-state index contributed by atoms with van der Waals surface area (Å²) in [6, 6.07) is 4.51. The first-order valence-corrected chi connectivity index (χ1v) is 9.10. The molecule has 1 aliphatic carbocycles. The molecule has 128 valence electrons. The predicted octanol–water partition coefficient (Wildman–Crippen LogP) is 6.04. The highest BCUT2D eigenvalue weighted by Crippen LogP contribution is 2.48. The second-order valence-corrected chi connectivity index (χ2v) is 7.57. The number of allylic oxidation sites excluding steroid dienone is 4. The number of hydrogen-bond donors (Lipinski definition) is 0. The summed E-state index contributed by atoms with van der Waals surface area (Å²) in [5.41, 5.74) is 8.39. The lowest BCUT2D eigenvalue weighted by Gasteiger charge is -2.44. The lowest BCUT2D eigenvalue weighted by atomic mass is 9.63. The van der Waals surface area contributed by atoms with Gasteiger partial charge in [0, 0.05) is 16.4 Å². The number of rotatable bonds is 3. The van der Waals surface area contributed by atoms with Gasteiger partial charge in [0.1, 0.15) is 5.58 Å². The Balaban J connectivity index is 2.08. The second kappa shape index (κ2) is 5.59. The molecular formula is C23H25NO. The normalized spacial score (nSPS) is 24.0. The number of hydrogen-bond acceptors (Lipinski definition) is 2. The van der Waals surface area contributed by atoms with Gasteiger partial charge < -0.3 is 4.42 Å². The van der Waals surface area contributed by atoms with E-state index < -0.39 is 0 Å². The summed E-state index contributed by atoms with van der Waals surface area (Å²) in [6.07, 6.45) is 11.8. The van der Waals surface area contributed by atoms with E-state index >= 15 is 0 Å². The van der Waals surface area contributed by atoms with Crippen molar-refractivity contribution in [1.29, 1.82) is 0 Å². The predicted molar refractivity (Wildman–Crippen MR) is 106 cm³/mol. The van der Waals surface area contributed by atoms with Gasteiger partial charge in [-0.25, -0.2) is 0 Å². The molecule has 2 nitrogen and oxygen atoms in total. The molecule has 2 heterocycles. The molecule has 2 unspecified atom stereocenters. The van der Waals surface area contributed by atoms with Gasteiger partial charge in [0.15, 0.2) is 0 Å². The lowest BCUT2D eigenvalue weighted by molar-refractivity contribution is 0.466. The molecule has 1 aromatic carbocycles. The number of furan rings is 1. The van der Waals surface area contributed by atoms with E-state index in [1.165, 1.54) is 27.8 Å². The first-order chi connectivity index (χ1) is 12.0. The summed E-state index contributed by atoms with van der Waals surface area (Å²) in [5.74, 6) is 0. The highest BCUT2D eigenvalue weighted by atomic mass is 16.3. The molecule has 2 heteroatoms. The molecule has 0 N–H and O–H groups in total. The average Bonchev–Trinajstić information content (AvgIpc) is 3.01. The van der Waals surface area contributed by atoms with Gasteiger partial charge in [0.2, 0.25) is 0 Å². The summed E-state index contributed by atoms with van der Waals surface area (Å²) < 4.78 is 5.94. The van der Waals surface area contributed by atoms with Gasteiger partial charge >= 0.3 is 0 Å². The molecule has 0 fully saturated rings. The smallest absolute Gasteiger partial charge is 0.143 e. The minimum absolute atomic E-state index is 0.0227. The Hall–Kier alpha value is -2.35. The summed E-state index contributed by atoms with van der Waals surface area (Å²) in [5, 5.41) is 1.15. The van der Waals surface area contributed by atoms with Gasteiger partial charge in [-0.3, -0.25) is 4.99 Å². The number of benzene rings is 1. The molecular weight excluding hydrogens is 306 g/mol. The fraction of sp³-hybridized carbons (Fsp3) is 0.348. The van der Waals surface area contributed by atoms with Gasteiger partial charge in [-0.05, 0) is 62.9 Å². The van der Waals surface area contributed by atoms with Crippen LogP contribution in [-0.2, 0) is 5.41 Å². The van der Waals surface area contributed by atoms with Crippen LogP contribution in [0.5, 0.6) is 0 Å². The maximum atomic E-state index is 5.94. The second-order valence-electron chi connectivity index (χ2n) is 7.57. The maximum absolute atomic E-state index is 5.94. The number of aryl methyl sites for hydroxylation is 1. The zero-order chi connectivity index (χ0) is 17.8. The first-order valence-electron chi connectivity index (χ1n) is 9.10. The Bertz CT molecular complexity index is 979. The number of nitrogens with zero attached hydrogens (tertiary/aromatic N) is 1. The van der Waals surface area contributed by atoms with Crippen LogP contribution in [0.1, 0.15) is 50.8 Å². The Morgan fingerprint density at radius 2 is 2.16 bits per heavy atom. The third kappa shape index (κ3) is 2.20. The Labute approximate surface area is 149 Å². The van der Waals surface area contributed by atoms with E-state index in [1.54, 1.807) is 6.26 Å². The molecule has 4 rings (SSSR count). The number of aliphatic imine (C=N–C) groups is 1. The minimum atomic E-state index is -0.0227. The van der Waals surface area contributed by atoms with Crippen LogP contribution >= 0.6 is 0 Å². The van der Waals surface area contributed by atoms with Crippen LogP contribution < -0.4 is 0 Å². The van der Waals surface area contributed by atoms with Crippen LogP contribution in [0.15, 0.2) is 63.3 Å². The molecule has 1 aromatic heterocycles. The van der Waals surface area contributed by atoms with E-state index in [4.69, 9.17) is 9.41 Å². The maximum Gasteiger partial charge on any atom is 0.143 e. The highest BCUT2D eigenvalue weighted by Gasteiger charge is 2.46. The van der Waals surface area contributed by atoms with Crippen molar-refractivity contribution in [2.75, 3.05) is 0 Å². The largest absolute Gasteiger partial charge is 0.464 e. The quantitative estimate of drug-likeness (QED) is 0.497. The Kier molecular flexibility index (Phi) is 3.61. The van der Waals surface area contributed by atoms with Crippen LogP contribution in [0.4, 0.5) is 0 Å². The minimum Gasteiger partial charge on any atom is -0.464 e. The standard InChI is InChI=1S/C23H25NO/c1-6-7-8-17(14(2)3)21-19-20(23(5)11-9-18(23)24-21)15(4)13-16-10-12-25-22(16)19/h7-13,18H,6H2,1-5H3/b8-7-. The molecule has 0 saturated heterocycles. The van der Waals surface area contributed by atoms with Gasteiger partial charge in [0.25, 0.3) is 0 Å². The van der Waals surface area contributed by atoms with Gasteiger partial charge in [-0.1, -0.05) is 36.8 Å². The molecule has 0 radical (unpaired) electrons. The third-order valence-electron chi connectivity index (χ3n) is 5.54. The number of fused-ring (bicyclic) bond motifs is 5. The first kappa shape index (κ1) is 16.1. The van der Waals surface area contributed by atoms with E-state index in [0.29, 0.717) is 0 Å². The zero-order valence-corrected chi connectivity index (χ0v) is 15.7. The van der Waals surface area contributed by atoms with Crippen molar-refractivity contribution in [1.82, 2.24) is 0 Å².